The van der Waals surface area contributed by atoms with Gasteiger partial charge < -0.3 is 20.3 Å². The van der Waals surface area contributed by atoms with Crippen molar-refractivity contribution in [1.82, 2.24) is 10.2 Å². The van der Waals surface area contributed by atoms with E-state index in [2.05, 4.69) is 17.6 Å². The third-order valence-electron chi connectivity index (χ3n) is 3.76. The molecule has 0 aromatic heterocycles. The molecule has 2 amide bonds. The Hall–Kier alpha value is -2.08. The topological polar surface area (TPSA) is 70.7 Å². The van der Waals surface area contributed by atoms with Gasteiger partial charge in [0.15, 0.2) is 0 Å². The Balaban J connectivity index is 2.39. The van der Waals surface area contributed by atoms with Gasteiger partial charge in [0.05, 0.1) is 5.56 Å². The average molecular weight is 305 g/mol. The van der Waals surface area contributed by atoms with Crippen LogP contribution in [-0.2, 0) is 4.79 Å². The number of ether oxygens (including phenoxy) is 1. The summed E-state index contributed by atoms with van der Waals surface area (Å²) in [6.45, 7) is 4.83. The number of anilines is 1. The highest BCUT2D eigenvalue weighted by Crippen LogP contribution is 2.28. The Labute approximate surface area is 130 Å². The van der Waals surface area contributed by atoms with E-state index in [9.17, 15) is 9.59 Å². The number of fused-ring (bicyclic) bond motifs is 1. The van der Waals surface area contributed by atoms with Gasteiger partial charge in [-0.05, 0) is 25.2 Å². The summed E-state index contributed by atoms with van der Waals surface area (Å²) >= 11 is 0. The Kier molecular flexibility index (Phi) is 5.03. The van der Waals surface area contributed by atoms with Crippen LogP contribution >= 0.6 is 0 Å². The van der Waals surface area contributed by atoms with Gasteiger partial charge in [0.25, 0.3) is 5.91 Å². The van der Waals surface area contributed by atoms with Crippen molar-refractivity contribution in [2.24, 2.45) is 5.92 Å². The van der Waals surface area contributed by atoms with Crippen molar-refractivity contribution >= 4 is 17.5 Å². The largest absolute Gasteiger partial charge is 0.488 e. The van der Waals surface area contributed by atoms with E-state index in [-0.39, 0.29) is 23.8 Å². The van der Waals surface area contributed by atoms with Crippen LogP contribution in [0.15, 0.2) is 18.2 Å². The fourth-order valence-corrected chi connectivity index (χ4v) is 2.64. The van der Waals surface area contributed by atoms with Gasteiger partial charge in [-0.2, -0.15) is 0 Å². The monoisotopic (exact) mass is 305 g/mol. The van der Waals surface area contributed by atoms with E-state index in [0.717, 1.165) is 0 Å². The molecule has 2 rings (SSSR count). The first kappa shape index (κ1) is 16.3. The van der Waals surface area contributed by atoms with Crippen molar-refractivity contribution in [3.05, 3.63) is 23.8 Å². The molecule has 0 saturated heterocycles. The van der Waals surface area contributed by atoms with Gasteiger partial charge in [0.1, 0.15) is 11.9 Å². The van der Waals surface area contributed by atoms with E-state index in [1.165, 1.54) is 6.92 Å². The van der Waals surface area contributed by atoms with Crippen LogP contribution in [0.4, 0.5) is 5.69 Å². The average Bonchev–Trinajstić information content (AvgIpc) is 2.45. The van der Waals surface area contributed by atoms with Gasteiger partial charge in [-0.3, -0.25) is 9.59 Å². The lowest BCUT2D eigenvalue weighted by Crippen LogP contribution is -2.44. The van der Waals surface area contributed by atoms with E-state index in [1.54, 1.807) is 30.1 Å². The molecule has 120 valence electrons. The Bertz CT molecular complexity index is 574. The maximum atomic E-state index is 12.6. The summed E-state index contributed by atoms with van der Waals surface area (Å²) in [6, 6.07) is 5.16. The number of hydrogen-bond acceptors (Lipinski definition) is 4. The molecule has 0 aliphatic carbocycles. The maximum Gasteiger partial charge on any atom is 0.257 e. The molecule has 2 atom stereocenters. The fourth-order valence-electron chi connectivity index (χ4n) is 2.64. The van der Waals surface area contributed by atoms with E-state index < -0.39 is 0 Å². The smallest absolute Gasteiger partial charge is 0.257 e. The summed E-state index contributed by atoms with van der Waals surface area (Å²) < 4.78 is 6.05. The summed E-state index contributed by atoms with van der Waals surface area (Å²) in [5.41, 5.74) is 1.07. The molecule has 1 aliphatic rings. The molecule has 6 nitrogen and oxygen atoms in total. The first-order valence-electron chi connectivity index (χ1n) is 7.40. The second-order valence-corrected chi connectivity index (χ2v) is 5.77. The maximum absolute atomic E-state index is 12.6. The normalized spacial score (nSPS) is 21.5. The molecule has 1 aromatic carbocycles. The van der Waals surface area contributed by atoms with Crippen molar-refractivity contribution in [3.63, 3.8) is 0 Å². The van der Waals surface area contributed by atoms with Crippen LogP contribution in [0.2, 0.25) is 0 Å². The van der Waals surface area contributed by atoms with Crippen LogP contribution in [0.25, 0.3) is 0 Å². The molecule has 0 radical (unpaired) electrons. The van der Waals surface area contributed by atoms with Crippen LogP contribution in [0.5, 0.6) is 5.75 Å². The molecule has 0 unspecified atom stereocenters. The zero-order valence-electron chi connectivity index (χ0n) is 13.5. The third-order valence-corrected chi connectivity index (χ3v) is 3.76. The molecule has 6 heteroatoms. The first-order chi connectivity index (χ1) is 10.4. The first-order valence-corrected chi connectivity index (χ1v) is 7.40. The lowest BCUT2D eigenvalue weighted by molar-refractivity contribution is -0.114. The molecule has 22 heavy (non-hydrogen) atoms. The number of carbonyl (C=O) groups excluding carboxylic acids is 2. The van der Waals surface area contributed by atoms with E-state index in [4.69, 9.17) is 4.74 Å². The molecule has 0 spiro atoms. The molecule has 1 heterocycles. The Morgan fingerprint density at radius 2 is 2.18 bits per heavy atom. The van der Waals surface area contributed by atoms with Gasteiger partial charge in [-0.1, -0.05) is 6.92 Å². The van der Waals surface area contributed by atoms with Crippen molar-refractivity contribution in [2.75, 3.05) is 32.5 Å². The highest BCUT2D eigenvalue weighted by molar-refractivity contribution is 5.99. The molecule has 2 N–H and O–H groups in total. The second-order valence-electron chi connectivity index (χ2n) is 5.77. The Morgan fingerprint density at radius 1 is 1.45 bits per heavy atom. The van der Waals surface area contributed by atoms with Crippen molar-refractivity contribution < 1.29 is 14.3 Å². The minimum absolute atomic E-state index is 0.0223. The number of nitrogens with one attached hydrogen (secondary N) is 2. The Morgan fingerprint density at radius 3 is 2.82 bits per heavy atom. The summed E-state index contributed by atoms with van der Waals surface area (Å²) in [5, 5.41) is 5.82. The number of amides is 2. The summed E-state index contributed by atoms with van der Waals surface area (Å²) in [4.78, 5) is 25.4. The van der Waals surface area contributed by atoms with E-state index in [1.807, 2.05) is 7.05 Å². The van der Waals surface area contributed by atoms with Crippen LogP contribution in [0, 0.1) is 5.92 Å². The van der Waals surface area contributed by atoms with Crippen molar-refractivity contribution in [1.29, 1.82) is 0 Å². The van der Waals surface area contributed by atoms with Crippen LogP contribution < -0.4 is 15.4 Å². The number of nitrogens with zero attached hydrogens (tertiary/aromatic N) is 1. The predicted octanol–water partition coefficient (Wildman–Crippen LogP) is 1.33. The number of rotatable bonds is 3. The number of hydrogen-bond donors (Lipinski definition) is 2. The number of benzene rings is 1. The summed E-state index contributed by atoms with van der Waals surface area (Å²) in [7, 11) is 3.67. The quantitative estimate of drug-likeness (QED) is 0.884. The molecule has 0 fully saturated rings. The number of carbonyl (C=O) groups is 2. The number of likely N-dealkylation sites (N-methyl/N-ethyl adjacent to an activating group) is 1. The molecule has 0 bridgehead atoms. The van der Waals surface area contributed by atoms with Crippen LogP contribution in [0.1, 0.15) is 24.2 Å². The van der Waals surface area contributed by atoms with E-state index >= 15 is 0 Å². The molecule has 1 aromatic rings. The summed E-state index contributed by atoms with van der Waals surface area (Å²) in [5.74, 6) is 0.494. The fraction of sp³-hybridized carbons (Fsp3) is 0.500. The van der Waals surface area contributed by atoms with Crippen LogP contribution in [-0.4, -0.2) is 50.0 Å². The minimum atomic E-state index is -0.172. The van der Waals surface area contributed by atoms with E-state index in [0.29, 0.717) is 30.1 Å². The highest BCUT2D eigenvalue weighted by atomic mass is 16.5. The predicted molar refractivity (Wildman–Crippen MR) is 85.2 cm³/mol. The molecule has 1 aliphatic heterocycles. The lowest BCUT2D eigenvalue weighted by Gasteiger charge is -2.32. The van der Waals surface area contributed by atoms with Gasteiger partial charge in [-0.15, -0.1) is 0 Å². The lowest BCUT2D eigenvalue weighted by atomic mass is 10.0. The zero-order chi connectivity index (χ0) is 16.3. The molecular formula is C16H23N3O3. The SMILES string of the molecule is CNC[C@@H]1Oc2ccc(NC(C)=O)cc2C(=O)N(C)C[C@@H]1C. The van der Waals surface area contributed by atoms with Crippen molar-refractivity contribution in [2.45, 2.75) is 20.0 Å². The van der Waals surface area contributed by atoms with Crippen molar-refractivity contribution in [3.8, 4) is 5.75 Å². The standard InChI is InChI=1S/C16H23N3O3/c1-10-9-19(4)16(21)13-7-12(18-11(2)20)5-6-14(13)22-15(10)8-17-3/h5-7,10,15,17H,8-9H2,1-4H3,(H,18,20)/t10-,15-/m0/s1. The van der Waals surface area contributed by atoms with Gasteiger partial charge >= 0.3 is 0 Å². The molecular weight excluding hydrogens is 282 g/mol. The minimum Gasteiger partial charge on any atom is -0.488 e. The summed E-state index contributed by atoms with van der Waals surface area (Å²) in [6.07, 6.45) is -0.0223. The highest BCUT2D eigenvalue weighted by Gasteiger charge is 2.28. The van der Waals surface area contributed by atoms with Crippen LogP contribution in [0.3, 0.4) is 0 Å². The molecule has 0 saturated carbocycles. The second kappa shape index (κ2) is 6.79. The zero-order valence-corrected chi connectivity index (χ0v) is 13.5. The van der Waals surface area contributed by atoms with Gasteiger partial charge in [0.2, 0.25) is 5.91 Å². The van der Waals surface area contributed by atoms with Gasteiger partial charge in [0, 0.05) is 38.7 Å². The van der Waals surface area contributed by atoms with Gasteiger partial charge in [-0.25, -0.2) is 0 Å². The third kappa shape index (κ3) is 3.57.